The first-order chi connectivity index (χ1) is 8.25. The molecule has 1 fully saturated rings. The minimum Gasteiger partial charge on any atom is -0.481 e. The smallest absolute Gasteiger partial charge is 0.303 e. The lowest BCUT2D eigenvalue weighted by Gasteiger charge is -2.14. The van der Waals surface area contributed by atoms with E-state index in [1.54, 1.807) is 0 Å². The highest BCUT2D eigenvalue weighted by Gasteiger charge is 2.34. The fraction of sp³-hybridized carbons (Fsp3) is 0.385. The Morgan fingerprint density at radius 1 is 1.53 bits per heavy atom. The maximum Gasteiger partial charge on any atom is 0.303 e. The predicted octanol–water partition coefficient (Wildman–Crippen LogP) is 3.26. The molecule has 1 unspecified atom stereocenters. The second kappa shape index (κ2) is 4.11. The van der Waals surface area contributed by atoms with Crippen LogP contribution in [0.2, 0.25) is 0 Å². The van der Waals surface area contributed by atoms with E-state index in [1.165, 1.54) is 17.1 Å². The van der Waals surface area contributed by atoms with Gasteiger partial charge in [0.05, 0.1) is 11.1 Å². The van der Waals surface area contributed by atoms with Gasteiger partial charge in [0.15, 0.2) is 0 Å². The molecule has 1 aromatic heterocycles. The molecule has 17 heavy (non-hydrogen) atoms. The zero-order chi connectivity index (χ0) is 11.8. The van der Waals surface area contributed by atoms with Crippen LogP contribution in [0.25, 0.3) is 10.1 Å². The van der Waals surface area contributed by atoms with Crippen LogP contribution in [0.4, 0.5) is 0 Å². The molecule has 0 radical (unpaired) electrons. The van der Waals surface area contributed by atoms with E-state index in [9.17, 15) is 4.79 Å². The molecule has 1 N–H and O–H groups in total. The van der Waals surface area contributed by atoms with Gasteiger partial charge in [0.25, 0.3) is 0 Å². The first-order valence-electron chi connectivity index (χ1n) is 5.81. The molecule has 3 rings (SSSR count). The van der Waals surface area contributed by atoms with Crippen molar-refractivity contribution < 1.29 is 9.90 Å². The van der Waals surface area contributed by atoms with Crippen molar-refractivity contribution in [1.29, 1.82) is 0 Å². The summed E-state index contributed by atoms with van der Waals surface area (Å²) in [5, 5.41) is 10.2. The van der Waals surface area contributed by atoms with E-state index in [4.69, 9.17) is 5.11 Å². The minimum atomic E-state index is -0.705. The average molecular weight is 247 g/mol. The molecule has 0 aliphatic heterocycles. The van der Waals surface area contributed by atoms with E-state index in [0.717, 1.165) is 22.9 Å². The van der Waals surface area contributed by atoms with E-state index < -0.39 is 5.97 Å². The van der Waals surface area contributed by atoms with Gasteiger partial charge in [-0.3, -0.25) is 4.79 Å². The summed E-state index contributed by atoms with van der Waals surface area (Å²) in [6.07, 6.45) is 4.41. The van der Waals surface area contributed by atoms with Crippen molar-refractivity contribution >= 4 is 27.6 Å². The molecule has 1 atom stereocenters. The van der Waals surface area contributed by atoms with E-state index >= 15 is 0 Å². The molecule has 1 aliphatic rings. The zero-order valence-electron chi connectivity index (χ0n) is 9.30. The molecule has 0 saturated heterocycles. The third kappa shape index (κ3) is 2.05. The van der Waals surface area contributed by atoms with Gasteiger partial charge in [-0.25, -0.2) is 0 Å². The van der Waals surface area contributed by atoms with Crippen LogP contribution in [0.5, 0.6) is 0 Å². The molecule has 1 aliphatic carbocycles. The average Bonchev–Trinajstić information content (AvgIpc) is 3.02. The maximum absolute atomic E-state index is 11.0. The SMILES string of the molecule is O=C(O)CC(c1cccc2cnsc12)C1CC1. The Kier molecular flexibility index (Phi) is 2.59. The Morgan fingerprint density at radius 2 is 2.35 bits per heavy atom. The molecular weight excluding hydrogens is 234 g/mol. The summed E-state index contributed by atoms with van der Waals surface area (Å²) >= 11 is 1.47. The summed E-state index contributed by atoms with van der Waals surface area (Å²) in [5.74, 6) is 0.0128. The number of aliphatic carboxylic acids is 1. The van der Waals surface area contributed by atoms with Crippen molar-refractivity contribution in [2.75, 3.05) is 0 Å². The van der Waals surface area contributed by atoms with Gasteiger partial charge in [0.1, 0.15) is 0 Å². The van der Waals surface area contributed by atoms with Crippen LogP contribution in [0.1, 0.15) is 30.7 Å². The van der Waals surface area contributed by atoms with E-state index in [2.05, 4.69) is 10.4 Å². The summed E-state index contributed by atoms with van der Waals surface area (Å²) in [6.45, 7) is 0. The highest BCUT2D eigenvalue weighted by atomic mass is 32.1. The molecule has 1 saturated carbocycles. The quantitative estimate of drug-likeness (QED) is 0.902. The number of carboxylic acid groups (broad SMARTS) is 1. The van der Waals surface area contributed by atoms with Gasteiger partial charge >= 0.3 is 5.97 Å². The van der Waals surface area contributed by atoms with Crippen LogP contribution >= 0.6 is 11.5 Å². The fourth-order valence-electron chi connectivity index (χ4n) is 2.43. The van der Waals surface area contributed by atoms with Crippen LogP contribution in [0, 0.1) is 5.92 Å². The molecule has 88 valence electrons. The van der Waals surface area contributed by atoms with Crippen LogP contribution in [0.3, 0.4) is 0 Å². The van der Waals surface area contributed by atoms with Crippen molar-refractivity contribution in [3.63, 3.8) is 0 Å². The van der Waals surface area contributed by atoms with E-state index in [-0.39, 0.29) is 12.3 Å². The Bertz CT molecular complexity index is 559. The minimum absolute atomic E-state index is 0.164. The molecule has 2 aromatic rings. The van der Waals surface area contributed by atoms with Crippen LogP contribution in [0.15, 0.2) is 24.4 Å². The van der Waals surface area contributed by atoms with Crippen molar-refractivity contribution in [2.24, 2.45) is 5.92 Å². The maximum atomic E-state index is 11.0. The Labute approximate surface area is 103 Å². The van der Waals surface area contributed by atoms with E-state index in [1.807, 2.05) is 18.3 Å². The molecule has 0 spiro atoms. The monoisotopic (exact) mass is 247 g/mol. The van der Waals surface area contributed by atoms with Crippen molar-refractivity contribution in [1.82, 2.24) is 4.37 Å². The normalized spacial score (nSPS) is 17.2. The molecule has 3 nitrogen and oxygen atoms in total. The Balaban J connectivity index is 2.04. The first-order valence-corrected chi connectivity index (χ1v) is 6.58. The standard InChI is InChI=1S/C13H13NO2S/c15-12(16)6-11(8-4-5-8)10-3-1-2-9-7-14-17-13(9)10/h1-3,7-8,11H,4-6H2,(H,15,16). The molecule has 1 aromatic carbocycles. The second-order valence-electron chi connectivity index (χ2n) is 4.63. The number of benzene rings is 1. The Morgan fingerprint density at radius 3 is 3.06 bits per heavy atom. The number of carbonyl (C=O) groups is 1. The van der Waals surface area contributed by atoms with Gasteiger partial charge < -0.3 is 5.11 Å². The molecular formula is C13H13NO2S. The van der Waals surface area contributed by atoms with Crippen LogP contribution < -0.4 is 0 Å². The third-order valence-corrected chi connectivity index (χ3v) is 4.26. The molecule has 4 heteroatoms. The fourth-order valence-corrected chi connectivity index (χ4v) is 3.25. The van der Waals surface area contributed by atoms with Gasteiger partial charge in [0, 0.05) is 11.6 Å². The lowest BCUT2D eigenvalue weighted by molar-refractivity contribution is -0.137. The lowest BCUT2D eigenvalue weighted by Crippen LogP contribution is -2.08. The number of fused-ring (bicyclic) bond motifs is 1. The summed E-state index contributed by atoms with van der Waals surface area (Å²) in [7, 11) is 0. The third-order valence-electron chi connectivity index (χ3n) is 3.40. The van der Waals surface area contributed by atoms with Crippen LogP contribution in [-0.4, -0.2) is 15.4 Å². The number of nitrogens with zero attached hydrogens (tertiary/aromatic N) is 1. The molecule has 0 bridgehead atoms. The number of hydrogen-bond donors (Lipinski definition) is 1. The Hall–Kier alpha value is -1.42. The lowest BCUT2D eigenvalue weighted by atomic mass is 9.90. The molecule has 0 amide bonds. The molecule has 1 heterocycles. The van der Waals surface area contributed by atoms with Gasteiger partial charge in [-0.1, -0.05) is 18.2 Å². The number of carboxylic acids is 1. The summed E-state index contributed by atoms with van der Waals surface area (Å²) in [5.41, 5.74) is 1.18. The predicted molar refractivity (Wildman–Crippen MR) is 67.3 cm³/mol. The van der Waals surface area contributed by atoms with Crippen molar-refractivity contribution in [2.45, 2.75) is 25.2 Å². The summed E-state index contributed by atoms with van der Waals surface area (Å²) < 4.78 is 5.36. The highest BCUT2D eigenvalue weighted by molar-refractivity contribution is 7.13. The van der Waals surface area contributed by atoms with Gasteiger partial charge in [-0.15, -0.1) is 0 Å². The summed E-state index contributed by atoms with van der Waals surface area (Å²) in [6, 6.07) is 6.10. The zero-order valence-corrected chi connectivity index (χ0v) is 10.1. The largest absolute Gasteiger partial charge is 0.481 e. The van der Waals surface area contributed by atoms with E-state index in [0.29, 0.717) is 5.92 Å². The number of aromatic nitrogens is 1. The van der Waals surface area contributed by atoms with Gasteiger partial charge in [0.2, 0.25) is 0 Å². The van der Waals surface area contributed by atoms with Crippen molar-refractivity contribution in [3.05, 3.63) is 30.0 Å². The first kappa shape index (κ1) is 10.7. The van der Waals surface area contributed by atoms with Gasteiger partial charge in [-0.05, 0) is 41.8 Å². The second-order valence-corrected chi connectivity index (χ2v) is 5.43. The number of hydrogen-bond acceptors (Lipinski definition) is 3. The van der Waals surface area contributed by atoms with Crippen LogP contribution in [-0.2, 0) is 4.79 Å². The summed E-state index contributed by atoms with van der Waals surface area (Å²) in [4.78, 5) is 11.0. The topological polar surface area (TPSA) is 50.2 Å². The highest BCUT2D eigenvalue weighted by Crippen LogP contribution is 2.46. The number of rotatable bonds is 4. The van der Waals surface area contributed by atoms with Crippen molar-refractivity contribution in [3.8, 4) is 0 Å². The van der Waals surface area contributed by atoms with Gasteiger partial charge in [-0.2, -0.15) is 4.37 Å².